The van der Waals surface area contributed by atoms with Gasteiger partial charge in [-0.05, 0) is 63.5 Å². The maximum Gasteiger partial charge on any atom is 0.0139 e. The average Bonchev–Trinajstić information content (AvgIpc) is 2.48. The molecule has 0 N–H and O–H groups in total. The minimum Gasteiger partial charge on any atom is -0.300 e. The van der Waals surface area contributed by atoms with Crippen molar-refractivity contribution in [3.05, 3.63) is 0 Å². The van der Waals surface area contributed by atoms with E-state index in [2.05, 4.69) is 16.7 Å². The van der Waals surface area contributed by atoms with Gasteiger partial charge in [0.25, 0.3) is 0 Å². The molecule has 19 heavy (non-hydrogen) atoms. The molecular weight excluding hydrogens is 232 g/mol. The Morgan fingerprint density at radius 2 is 1.74 bits per heavy atom. The lowest BCUT2D eigenvalue weighted by molar-refractivity contribution is -0.107. The third kappa shape index (κ3) is 1.98. The first-order valence-electron chi connectivity index (χ1n) is 8.88. The molecular formula is C17H30N2. The van der Waals surface area contributed by atoms with Crippen molar-refractivity contribution in [1.29, 1.82) is 0 Å². The summed E-state index contributed by atoms with van der Waals surface area (Å²) in [6, 6.07) is 2.79. The fourth-order valence-corrected chi connectivity index (χ4v) is 5.98. The van der Waals surface area contributed by atoms with E-state index in [9.17, 15) is 0 Å². The van der Waals surface area contributed by atoms with Gasteiger partial charge in [0.2, 0.25) is 0 Å². The van der Waals surface area contributed by atoms with Gasteiger partial charge in [-0.1, -0.05) is 19.8 Å². The van der Waals surface area contributed by atoms with Crippen molar-refractivity contribution in [3.8, 4) is 0 Å². The Hall–Kier alpha value is -0.0800. The molecule has 0 aliphatic carbocycles. The Morgan fingerprint density at radius 1 is 0.947 bits per heavy atom. The van der Waals surface area contributed by atoms with Gasteiger partial charge >= 0.3 is 0 Å². The zero-order valence-corrected chi connectivity index (χ0v) is 12.6. The summed E-state index contributed by atoms with van der Waals surface area (Å²) in [6.07, 6.45) is 11.8. The van der Waals surface area contributed by atoms with Gasteiger partial charge in [0.05, 0.1) is 0 Å². The van der Waals surface area contributed by atoms with E-state index < -0.39 is 0 Å². The van der Waals surface area contributed by atoms with Crippen LogP contribution in [0.25, 0.3) is 0 Å². The summed E-state index contributed by atoms with van der Waals surface area (Å²) in [4.78, 5) is 5.87. The third-order valence-electron chi connectivity index (χ3n) is 6.68. The van der Waals surface area contributed by atoms with Gasteiger partial charge in [-0.2, -0.15) is 0 Å². The Morgan fingerprint density at radius 3 is 2.58 bits per heavy atom. The quantitative estimate of drug-likeness (QED) is 0.716. The highest BCUT2D eigenvalue weighted by atomic mass is 15.3. The van der Waals surface area contributed by atoms with Crippen molar-refractivity contribution < 1.29 is 0 Å². The van der Waals surface area contributed by atoms with Gasteiger partial charge in [-0.3, -0.25) is 9.80 Å². The zero-order chi connectivity index (χ0) is 12.8. The number of hydrogen-bond donors (Lipinski definition) is 0. The van der Waals surface area contributed by atoms with Crippen molar-refractivity contribution in [3.63, 3.8) is 0 Å². The topological polar surface area (TPSA) is 6.48 Å². The van der Waals surface area contributed by atoms with E-state index in [0.717, 1.165) is 30.0 Å². The summed E-state index contributed by atoms with van der Waals surface area (Å²) in [5, 5.41) is 0. The first-order chi connectivity index (χ1) is 9.38. The summed E-state index contributed by atoms with van der Waals surface area (Å²) in [5.41, 5.74) is 0. The molecule has 4 rings (SSSR count). The van der Waals surface area contributed by atoms with Gasteiger partial charge in [0, 0.05) is 24.7 Å². The van der Waals surface area contributed by atoms with Crippen molar-refractivity contribution in [2.24, 2.45) is 11.8 Å². The van der Waals surface area contributed by atoms with E-state index in [1.807, 2.05) is 0 Å². The van der Waals surface area contributed by atoms with Crippen molar-refractivity contribution >= 4 is 0 Å². The van der Waals surface area contributed by atoms with Crippen LogP contribution in [0.15, 0.2) is 0 Å². The van der Waals surface area contributed by atoms with E-state index >= 15 is 0 Å². The first kappa shape index (κ1) is 12.6. The van der Waals surface area contributed by atoms with E-state index in [1.54, 1.807) is 6.42 Å². The fraction of sp³-hybridized carbons (Fsp3) is 1.00. The van der Waals surface area contributed by atoms with Gasteiger partial charge in [0.1, 0.15) is 0 Å². The normalized spacial score (nSPS) is 47.5. The molecule has 108 valence electrons. The molecule has 0 aromatic rings. The maximum atomic E-state index is 2.97. The van der Waals surface area contributed by atoms with Crippen LogP contribution >= 0.6 is 0 Å². The molecule has 4 heterocycles. The van der Waals surface area contributed by atoms with Gasteiger partial charge in [-0.25, -0.2) is 0 Å². The zero-order valence-electron chi connectivity index (χ0n) is 12.6. The molecule has 0 radical (unpaired) electrons. The minimum atomic E-state index is 0.910. The van der Waals surface area contributed by atoms with Crippen molar-refractivity contribution in [2.45, 2.75) is 76.4 Å². The second kappa shape index (κ2) is 5.04. The Balaban J connectivity index is 1.63. The van der Waals surface area contributed by atoms with Crippen LogP contribution in [0.4, 0.5) is 0 Å². The first-order valence-corrected chi connectivity index (χ1v) is 8.88. The van der Waals surface area contributed by atoms with Crippen LogP contribution < -0.4 is 0 Å². The van der Waals surface area contributed by atoms with E-state index in [4.69, 9.17) is 0 Å². The monoisotopic (exact) mass is 262 g/mol. The summed E-state index contributed by atoms with van der Waals surface area (Å²) in [5.74, 6) is 2.00. The number of rotatable bonds is 1. The number of nitrogens with zero attached hydrogens (tertiary/aromatic N) is 2. The van der Waals surface area contributed by atoms with Gasteiger partial charge < -0.3 is 0 Å². The Bertz CT molecular complexity index is 327. The molecule has 0 amide bonds. The van der Waals surface area contributed by atoms with Crippen molar-refractivity contribution in [1.82, 2.24) is 9.80 Å². The molecule has 4 saturated heterocycles. The van der Waals surface area contributed by atoms with Crippen LogP contribution in [0.2, 0.25) is 0 Å². The second-order valence-corrected chi connectivity index (χ2v) is 7.49. The standard InChI is InChI=1S/C17H30N2/c1-2-15-14-11-13(16-7-4-6-10-19(15)16)12-18-9-5-3-8-17(14)18/h13-17H,2-12H2,1H3/t13-,14-,15?,16+,17-/m0/s1. The predicted octanol–water partition coefficient (Wildman–Crippen LogP) is 3.12. The highest BCUT2D eigenvalue weighted by molar-refractivity contribution is 5.04. The summed E-state index contributed by atoms with van der Waals surface area (Å²) in [6.45, 7) is 6.68. The molecule has 2 bridgehead atoms. The van der Waals surface area contributed by atoms with Crippen LogP contribution in [0.1, 0.15) is 58.3 Å². The molecule has 0 saturated carbocycles. The average molecular weight is 262 g/mol. The largest absolute Gasteiger partial charge is 0.300 e. The van der Waals surface area contributed by atoms with Crippen LogP contribution in [-0.4, -0.2) is 47.6 Å². The second-order valence-electron chi connectivity index (χ2n) is 7.49. The molecule has 2 nitrogen and oxygen atoms in total. The Labute approximate surface area is 118 Å². The lowest BCUT2D eigenvalue weighted by atomic mass is 9.67. The lowest BCUT2D eigenvalue weighted by Crippen LogP contribution is -2.67. The van der Waals surface area contributed by atoms with E-state index in [1.165, 1.54) is 64.6 Å². The summed E-state index contributed by atoms with van der Waals surface area (Å²) >= 11 is 0. The number of piperidine rings is 4. The highest BCUT2D eigenvalue weighted by Gasteiger charge is 2.50. The van der Waals surface area contributed by atoms with Crippen LogP contribution in [0.3, 0.4) is 0 Å². The lowest BCUT2D eigenvalue weighted by Gasteiger charge is -2.60. The molecule has 4 aliphatic heterocycles. The molecule has 4 aliphatic rings. The number of fused-ring (bicyclic) bond motifs is 6. The van der Waals surface area contributed by atoms with Gasteiger partial charge in [0.15, 0.2) is 0 Å². The third-order valence-corrected chi connectivity index (χ3v) is 6.68. The minimum absolute atomic E-state index is 0.910. The SMILES string of the molecule is CCC1[C@@H]2C[C@@H](CN3CCCC[C@@H]23)[C@H]2CCCCN12. The predicted molar refractivity (Wildman–Crippen MR) is 79.2 cm³/mol. The molecule has 0 spiro atoms. The molecule has 0 aromatic carbocycles. The summed E-state index contributed by atoms with van der Waals surface area (Å²) < 4.78 is 0. The number of hydrogen-bond acceptors (Lipinski definition) is 2. The maximum absolute atomic E-state index is 2.97. The van der Waals surface area contributed by atoms with Crippen LogP contribution in [0, 0.1) is 11.8 Å². The molecule has 1 unspecified atom stereocenters. The summed E-state index contributed by atoms with van der Waals surface area (Å²) in [7, 11) is 0. The smallest absolute Gasteiger partial charge is 0.0139 e. The molecule has 4 fully saturated rings. The Kier molecular flexibility index (Phi) is 3.35. The molecule has 0 aromatic heterocycles. The van der Waals surface area contributed by atoms with Crippen LogP contribution in [-0.2, 0) is 0 Å². The fourth-order valence-electron chi connectivity index (χ4n) is 5.98. The molecule has 5 atom stereocenters. The van der Waals surface area contributed by atoms with Gasteiger partial charge in [-0.15, -0.1) is 0 Å². The van der Waals surface area contributed by atoms with Crippen LogP contribution in [0.5, 0.6) is 0 Å². The van der Waals surface area contributed by atoms with E-state index in [0.29, 0.717) is 0 Å². The van der Waals surface area contributed by atoms with Crippen molar-refractivity contribution in [2.75, 3.05) is 19.6 Å². The van der Waals surface area contributed by atoms with E-state index in [-0.39, 0.29) is 0 Å². The highest BCUT2D eigenvalue weighted by Crippen LogP contribution is 2.46. The molecule has 2 heteroatoms.